The first-order chi connectivity index (χ1) is 9.26. The van der Waals surface area contributed by atoms with Gasteiger partial charge in [-0.25, -0.2) is 0 Å². The molecule has 2 aromatic rings. The molecule has 2 nitrogen and oxygen atoms in total. The molecule has 0 amide bonds. The molecule has 0 spiro atoms. The van der Waals surface area contributed by atoms with Crippen LogP contribution in [0.25, 0.3) is 10.4 Å². The van der Waals surface area contributed by atoms with E-state index in [9.17, 15) is 0 Å². The minimum atomic E-state index is 0.0791. The van der Waals surface area contributed by atoms with Gasteiger partial charge in [-0.2, -0.15) is 0 Å². The van der Waals surface area contributed by atoms with E-state index in [4.69, 9.17) is 0 Å². The minimum Gasteiger partial charge on any atom is -0.364 e. The van der Waals surface area contributed by atoms with Crippen molar-refractivity contribution >= 4 is 11.3 Å². The van der Waals surface area contributed by atoms with Crippen molar-refractivity contribution in [3.63, 3.8) is 0 Å². The topological polar surface area (TPSA) is 24.1 Å². The van der Waals surface area contributed by atoms with Crippen molar-refractivity contribution in [3.05, 3.63) is 72.4 Å². The van der Waals surface area contributed by atoms with Gasteiger partial charge < -0.3 is 10.6 Å². The van der Waals surface area contributed by atoms with Crippen LogP contribution in [0.4, 0.5) is 0 Å². The van der Waals surface area contributed by atoms with Gasteiger partial charge in [0.25, 0.3) is 0 Å². The summed E-state index contributed by atoms with van der Waals surface area (Å²) in [5.41, 5.74) is 3.32. The van der Waals surface area contributed by atoms with Crippen molar-refractivity contribution < 1.29 is 0 Å². The summed E-state index contributed by atoms with van der Waals surface area (Å²) in [6.45, 7) is 7.68. The highest BCUT2D eigenvalue weighted by Crippen LogP contribution is 2.27. The van der Waals surface area contributed by atoms with Gasteiger partial charge in [-0.1, -0.05) is 43.5 Å². The fourth-order valence-electron chi connectivity index (χ4n) is 2.04. The van der Waals surface area contributed by atoms with E-state index in [1.807, 2.05) is 7.05 Å². The molecule has 0 bridgehead atoms. The van der Waals surface area contributed by atoms with Crippen molar-refractivity contribution in [2.45, 2.75) is 6.04 Å². The van der Waals surface area contributed by atoms with E-state index in [1.54, 1.807) is 17.5 Å². The molecule has 0 aliphatic carbocycles. The maximum atomic E-state index is 4.02. The average molecular weight is 270 g/mol. The minimum absolute atomic E-state index is 0.0791. The summed E-state index contributed by atoms with van der Waals surface area (Å²) in [6, 6.07) is 12.8. The van der Waals surface area contributed by atoms with Gasteiger partial charge in [0.15, 0.2) is 0 Å². The second-order valence-electron chi connectivity index (χ2n) is 4.19. The van der Waals surface area contributed by atoms with Crippen molar-refractivity contribution in [2.75, 3.05) is 7.05 Å². The van der Waals surface area contributed by atoms with Crippen LogP contribution in [0.5, 0.6) is 0 Å². The molecule has 1 unspecified atom stereocenters. The van der Waals surface area contributed by atoms with E-state index in [0.29, 0.717) is 0 Å². The molecule has 0 aliphatic heterocycles. The smallest absolute Gasteiger partial charge is 0.0720 e. The Morgan fingerprint density at radius 2 is 2.00 bits per heavy atom. The summed E-state index contributed by atoms with van der Waals surface area (Å²) in [5, 5.41) is 8.39. The van der Waals surface area contributed by atoms with E-state index in [-0.39, 0.29) is 6.04 Å². The molecule has 0 saturated heterocycles. The van der Waals surface area contributed by atoms with E-state index in [1.165, 1.54) is 16.0 Å². The van der Waals surface area contributed by atoms with Crippen molar-refractivity contribution in [3.8, 4) is 10.4 Å². The zero-order valence-electron chi connectivity index (χ0n) is 11.0. The zero-order valence-corrected chi connectivity index (χ0v) is 11.8. The van der Waals surface area contributed by atoms with Gasteiger partial charge in [0.1, 0.15) is 0 Å². The Morgan fingerprint density at radius 1 is 1.26 bits per heavy atom. The zero-order chi connectivity index (χ0) is 13.7. The summed E-state index contributed by atoms with van der Waals surface area (Å²) in [5.74, 6) is 0. The first-order valence-electron chi connectivity index (χ1n) is 6.13. The standard InChI is InChI=1S/C16H18N2S/c1-4-18-12(2)16(17-3)14-9-7-13(8-10-14)15-6-5-11-19-15/h4-11,16-18H,1-2H2,3H3. The quantitative estimate of drug-likeness (QED) is 0.831. The number of hydrogen-bond acceptors (Lipinski definition) is 3. The maximum Gasteiger partial charge on any atom is 0.0720 e. The van der Waals surface area contributed by atoms with Crippen molar-refractivity contribution in [1.82, 2.24) is 10.6 Å². The Bertz CT molecular complexity index is 541. The molecule has 1 aromatic heterocycles. The van der Waals surface area contributed by atoms with Crippen LogP contribution in [0, 0.1) is 0 Å². The van der Waals surface area contributed by atoms with Crippen LogP contribution >= 0.6 is 11.3 Å². The molecule has 3 heteroatoms. The highest BCUT2D eigenvalue weighted by molar-refractivity contribution is 7.13. The van der Waals surface area contributed by atoms with Crippen molar-refractivity contribution in [1.29, 1.82) is 0 Å². The third kappa shape index (κ3) is 3.13. The molecule has 2 N–H and O–H groups in total. The predicted octanol–water partition coefficient (Wildman–Crippen LogP) is 3.92. The van der Waals surface area contributed by atoms with Crippen LogP contribution in [0.15, 0.2) is 66.8 Å². The summed E-state index contributed by atoms with van der Waals surface area (Å²) in [7, 11) is 1.92. The molecular weight excluding hydrogens is 252 g/mol. The lowest BCUT2D eigenvalue weighted by molar-refractivity contribution is 0.649. The normalized spacial score (nSPS) is 11.8. The average Bonchev–Trinajstić information content (AvgIpc) is 2.95. The second kappa shape index (κ2) is 6.36. The van der Waals surface area contributed by atoms with E-state index < -0.39 is 0 Å². The second-order valence-corrected chi connectivity index (χ2v) is 5.14. The summed E-state index contributed by atoms with van der Waals surface area (Å²) in [4.78, 5) is 1.29. The molecule has 19 heavy (non-hydrogen) atoms. The molecular formula is C16H18N2S. The monoisotopic (exact) mass is 270 g/mol. The van der Waals surface area contributed by atoms with Gasteiger partial charge in [0, 0.05) is 10.6 Å². The number of hydrogen-bond donors (Lipinski definition) is 2. The Labute approximate surface area is 118 Å². The van der Waals surface area contributed by atoms with E-state index in [0.717, 1.165) is 5.70 Å². The molecule has 1 heterocycles. The third-order valence-electron chi connectivity index (χ3n) is 2.97. The SMILES string of the molecule is C=CNC(=C)C(NC)c1ccc(-c2cccs2)cc1. The lowest BCUT2D eigenvalue weighted by Crippen LogP contribution is -2.23. The predicted molar refractivity (Wildman–Crippen MR) is 84.0 cm³/mol. The Hall–Kier alpha value is -1.84. The fraction of sp³-hybridized carbons (Fsp3) is 0.125. The van der Waals surface area contributed by atoms with Gasteiger partial charge in [-0.3, -0.25) is 0 Å². The molecule has 0 saturated carbocycles. The lowest BCUT2D eigenvalue weighted by atomic mass is 10.0. The molecule has 98 valence electrons. The molecule has 1 aromatic carbocycles. The van der Waals surface area contributed by atoms with Crippen LogP contribution in [0.3, 0.4) is 0 Å². The molecule has 0 aliphatic rings. The molecule has 1 atom stereocenters. The van der Waals surface area contributed by atoms with Crippen LogP contribution in [-0.4, -0.2) is 7.05 Å². The maximum absolute atomic E-state index is 4.02. The number of likely N-dealkylation sites (N-methyl/N-ethyl adjacent to an activating group) is 1. The van der Waals surface area contributed by atoms with Crippen LogP contribution < -0.4 is 10.6 Å². The molecule has 2 rings (SSSR count). The number of rotatable bonds is 6. The Kier molecular flexibility index (Phi) is 4.55. The van der Waals surface area contributed by atoms with Crippen LogP contribution in [-0.2, 0) is 0 Å². The number of thiophene rings is 1. The number of benzene rings is 1. The third-order valence-corrected chi connectivity index (χ3v) is 3.89. The largest absolute Gasteiger partial charge is 0.364 e. The number of nitrogens with one attached hydrogen (secondary N) is 2. The summed E-state index contributed by atoms with van der Waals surface area (Å²) < 4.78 is 0. The van der Waals surface area contributed by atoms with E-state index in [2.05, 4.69) is 65.6 Å². The van der Waals surface area contributed by atoms with E-state index >= 15 is 0 Å². The van der Waals surface area contributed by atoms with Gasteiger partial charge in [0.2, 0.25) is 0 Å². The Morgan fingerprint density at radius 3 is 2.53 bits per heavy atom. The molecule has 0 fully saturated rings. The molecule has 0 radical (unpaired) electrons. The fourth-order valence-corrected chi connectivity index (χ4v) is 2.77. The Balaban J connectivity index is 2.21. The summed E-state index contributed by atoms with van der Waals surface area (Å²) in [6.07, 6.45) is 1.65. The first kappa shape index (κ1) is 13.6. The summed E-state index contributed by atoms with van der Waals surface area (Å²) >= 11 is 1.75. The van der Waals surface area contributed by atoms with Gasteiger partial charge in [-0.05, 0) is 35.8 Å². The van der Waals surface area contributed by atoms with Crippen molar-refractivity contribution in [2.24, 2.45) is 0 Å². The lowest BCUT2D eigenvalue weighted by Gasteiger charge is -2.19. The van der Waals surface area contributed by atoms with Gasteiger partial charge in [0.05, 0.1) is 6.04 Å². The highest BCUT2D eigenvalue weighted by atomic mass is 32.1. The van der Waals surface area contributed by atoms with Crippen LogP contribution in [0.1, 0.15) is 11.6 Å². The van der Waals surface area contributed by atoms with Gasteiger partial charge >= 0.3 is 0 Å². The van der Waals surface area contributed by atoms with Crippen LogP contribution in [0.2, 0.25) is 0 Å². The first-order valence-corrected chi connectivity index (χ1v) is 7.01. The highest BCUT2D eigenvalue weighted by Gasteiger charge is 2.12. The van der Waals surface area contributed by atoms with Gasteiger partial charge in [-0.15, -0.1) is 11.3 Å².